The van der Waals surface area contributed by atoms with E-state index in [1.54, 1.807) is 31.9 Å². The molecule has 1 aliphatic carbocycles. The van der Waals surface area contributed by atoms with Crippen molar-refractivity contribution in [1.29, 1.82) is 0 Å². The van der Waals surface area contributed by atoms with E-state index < -0.39 is 19.0 Å². The Kier molecular flexibility index (Phi) is 6.54. The average molecular weight is 567 g/mol. The number of benzene rings is 4. The van der Waals surface area contributed by atoms with E-state index in [2.05, 4.69) is 142 Å². The van der Waals surface area contributed by atoms with Gasteiger partial charge in [-0.15, -0.1) is 11.8 Å². The fourth-order valence-corrected chi connectivity index (χ4v) is 12.8. The Balaban J connectivity index is 1.42. The summed E-state index contributed by atoms with van der Waals surface area (Å²) in [4.78, 5) is 1.38. The third-order valence-electron chi connectivity index (χ3n) is 8.57. The molecule has 196 valence electrons. The molecule has 0 radical (unpaired) electrons. The topological polar surface area (TPSA) is 0 Å². The van der Waals surface area contributed by atoms with Crippen LogP contribution in [0.3, 0.4) is 0 Å². The third-order valence-corrected chi connectivity index (χ3v) is 14.4. The van der Waals surface area contributed by atoms with E-state index in [9.17, 15) is 0 Å². The fourth-order valence-electron chi connectivity index (χ4n) is 6.97. The van der Waals surface area contributed by atoms with Gasteiger partial charge in [0.25, 0.3) is 0 Å². The summed E-state index contributed by atoms with van der Waals surface area (Å²) in [5.74, 6) is 0. The lowest BCUT2D eigenvalue weighted by atomic mass is 9.66. The summed E-state index contributed by atoms with van der Waals surface area (Å²) in [6.07, 6.45) is 5.23. The van der Waals surface area contributed by atoms with E-state index in [0.29, 0.717) is 5.25 Å². The fraction of sp³-hybridized carbons (Fsp3) is 0.135. The first kappa shape index (κ1) is 25.6. The highest BCUT2D eigenvalue weighted by atomic mass is 32.2. The Bertz CT molecular complexity index is 1700. The van der Waals surface area contributed by atoms with Crippen molar-refractivity contribution < 1.29 is 0 Å². The summed E-state index contributed by atoms with van der Waals surface area (Å²) >= 11 is 1.96. The van der Waals surface area contributed by atoms with E-state index in [4.69, 9.17) is 0 Å². The van der Waals surface area contributed by atoms with Crippen molar-refractivity contribution in [1.82, 2.24) is 0 Å². The van der Waals surface area contributed by atoms with E-state index in [1.165, 1.54) is 32.7 Å². The number of aryl methyl sites for hydroxylation is 1. The molecule has 0 N–H and O–H groups in total. The molecule has 4 aromatic rings. The maximum absolute atomic E-state index is 2.62. The van der Waals surface area contributed by atoms with Gasteiger partial charge in [0.05, 0.1) is 24.5 Å². The molecule has 40 heavy (non-hydrogen) atoms. The minimum absolute atomic E-state index is 0.245. The van der Waals surface area contributed by atoms with Crippen LogP contribution >= 0.6 is 11.8 Å². The van der Waals surface area contributed by atoms with Crippen molar-refractivity contribution in [2.45, 2.75) is 36.3 Å². The first-order valence-corrected chi connectivity index (χ1v) is 18.1. The first-order chi connectivity index (χ1) is 19.5. The zero-order valence-electron chi connectivity index (χ0n) is 23.4. The lowest BCUT2D eigenvalue weighted by Crippen LogP contribution is -2.29. The molecular weight excluding hydrogens is 533 g/mol. The second kappa shape index (κ2) is 10.2. The molecule has 2 heterocycles. The lowest BCUT2D eigenvalue weighted by molar-refractivity contribution is 0.759. The Morgan fingerprint density at radius 3 is 1.65 bits per heavy atom. The Labute approximate surface area is 247 Å². The summed E-state index contributed by atoms with van der Waals surface area (Å²) in [6, 6.07) is 41.1. The number of hydrogen-bond acceptors (Lipinski definition) is 1. The van der Waals surface area contributed by atoms with E-state index in [-0.39, 0.29) is 5.41 Å². The maximum Gasteiger partial charge on any atom is 0.0885 e. The Morgan fingerprint density at radius 2 is 1.12 bits per heavy atom. The maximum atomic E-state index is 2.62. The molecule has 0 unspecified atom stereocenters. The van der Waals surface area contributed by atoms with Gasteiger partial charge in [0.2, 0.25) is 0 Å². The van der Waals surface area contributed by atoms with Crippen molar-refractivity contribution in [3.05, 3.63) is 171 Å². The van der Waals surface area contributed by atoms with Gasteiger partial charge < -0.3 is 0 Å². The van der Waals surface area contributed by atoms with Gasteiger partial charge in [0.15, 0.2) is 0 Å². The minimum atomic E-state index is -0.619. The van der Waals surface area contributed by atoms with Crippen LogP contribution in [0.25, 0.3) is 10.4 Å². The molecule has 0 saturated heterocycles. The van der Waals surface area contributed by atoms with Gasteiger partial charge in [0.1, 0.15) is 0 Å². The zero-order chi connectivity index (χ0) is 27.3. The Morgan fingerprint density at radius 1 is 0.600 bits per heavy atom. The van der Waals surface area contributed by atoms with Gasteiger partial charge in [-0.3, -0.25) is 0 Å². The number of thioether (sulfide) groups is 1. The molecule has 0 amide bonds. The molecule has 3 heteroatoms. The van der Waals surface area contributed by atoms with E-state index >= 15 is 0 Å². The van der Waals surface area contributed by atoms with Crippen LogP contribution < -0.4 is 0 Å². The highest BCUT2D eigenvalue weighted by Crippen LogP contribution is 2.59. The molecule has 7 rings (SSSR count). The van der Waals surface area contributed by atoms with Crippen LogP contribution in [-0.2, 0) is 5.41 Å². The number of hydrogen-bond donors (Lipinski definition) is 0. The van der Waals surface area contributed by atoms with Gasteiger partial charge in [-0.2, -0.15) is 0 Å². The molecular formula is C37H34SSi2. The SMILES string of the molecule is Cc1cccc(C2=CC3=C([SiH2]2)C2=C(C=C(c4cccc(SC(C)C)c4)[SiH2]2)C3(c2ccccc2)c2ccccc2)c1. The third kappa shape index (κ3) is 4.19. The molecule has 0 saturated carbocycles. The van der Waals surface area contributed by atoms with Crippen molar-refractivity contribution in [3.8, 4) is 0 Å². The van der Waals surface area contributed by atoms with Gasteiger partial charge in [-0.25, -0.2) is 0 Å². The molecule has 3 aliphatic rings. The van der Waals surface area contributed by atoms with Crippen molar-refractivity contribution in [2.24, 2.45) is 0 Å². The average Bonchev–Trinajstić information content (AvgIpc) is 3.65. The molecule has 4 aromatic carbocycles. The van der Waals surface area contributed by atoms with Crippen LogP contribution in [0.5, 0.6) is 0 Å². The van der Waals surface area contributed by atoms with Crippen molar-refractivity contribution in [3.63, 3.8) is 0 Å². The second-order valence-corrected chi connectivity index (χ2v) is 16.8. The number of rotatable bonds is 6. The molecule has 0 aromatic heterocycles. The monoisotopic (exact) mass is 566 g/mol. The minimum Gasteiger partial charge on any atom is -0.123 e. The van der Waals surface area contributed by atoms with Gasteiger partial charge in [-0.1, -0.05) is 149 Å². The van der Waals surface area contributed by atoms with Gasteiger partial charge in [-0.05, 0) is 52.5 Å². The molecule has 0 nitrogen and oxygen atoms in total. The van der Waals surface area contributed by atoms with E-state index in [1.807, 2.05) is 11.8 Å². The summed E-state index contributed by atoms with van der Waals surface area (Å²) in [7, 11) is -1.22. The highest BCUT2D eigenvalue weighted by molar-refractivity contribution is 7.99. The normalized spacial score (nSPS) is 18.5. The molecule has 0 bridgehead atoms. The van der Waals surface area contributed by atoms with Crippen LogP contribution in [0.2, 0.25) is 0 Å². The summed E-state index contributed by atoms with van der Waals surface area (Å²) in [6.45, 7) is 6.78. The quantitative estimate of drug-likeness (QED) is 0.170. The summed E-state index contributed by atoms with van der Waals surface area (Å²) in [5.41, 5.74) is 9.85. The number of fused-ring (bicyclic) bond motifs is 1. The number of allylic oxidation sites excluding steroid dienone is 6. The van der Waals surface area contributed by atoms with Gasteiger partial charge >= 0.3 is 0 Å². The molecule has 0 atom stereocenters. The molecule has 0 spiro atoms. The largest absolute Gasteiger partial charge is 0.123 e. The highest BCUT2D eigenvalue weighted by Gasteiger charge is 2.50. The van der Waals surface area contributed by atoms with Gasteiger partial charge in [0, 0.05) is 10.1 Å². The smallest absolute Gasteiger partial charge is 0.0885 e. The Hall–Kier alpha value is -3.38. The zero-order valence-corrected chi connectivity index (χ0v) is 27.1. The van der Waals surface area contributed by atoms with Crippen LogP contribution in [-0.4, -0.2) is 24.3 Å². The van der Waals surface area contributed by atoms with Crippen molar-refractivity contribution in [2.75, 3.05) is 0 Å². The van der Waals surface area contributed by atoms with Crippen LogP contribution in [0.1, 0.15) is 41.7 Å². The second-order valence-electron chi connectivity index (χ2n) is 11.5. The lowest BCUT2D eigenvalue weighted by Gasteiger charge is -2.35. The summed E-state index contributed by atoms with van der Waals surface area (Å²) < 4.78 is 0. The standard InChI is InChI=1S/C37H34SSi2/c1-24(2)38-30-19-11-14-27(21-30)34-23-32-36(40-34)35-31(22-33(39-35)26-13-10-12-25(3)20-26)37(32,28-15-6-4-7-16-28)29-17-8-5-9-18-29/h4-24H,39-40H2,1-3H3. The molecule has 0 fully saturated rings. The summed E-state index contributed by atoms with van der Waals surface area (Å²) in [5, 5.41) is 7.22. The van der Waals surface area contributed by atoms with E-state index in [0.717, 1.165) is 0 Å². The van der Waals surface area contributed by atoms with Crippen LogP contribution in [0.15, 0.2) is 148 Å². The molecule has 2 aliphatic heterocycles. The van der Waals surface area contributed by atoms with Crippen molar-refractivity contribution >= 4 is 41.2 Å². The van der Waals surface area contributed by atoms with Crippen LogP contribution in [0.4, 0.5) is 0 Å². The predicted octanol–water partition coefficient (Wildman–Crippen LogP) is 7.75. The predicted molar refractivity (Wildman–Crippen MR) is 179 cm³/mol. The van der Waals surface area contributed by atoms with Crippen LogP contribution in [0, 0.1) is 6.92 Å². The first-order valence-electron chi connectivity index (χ1n) is 14.4.